The predicted octanol–water partition coefficient (Wildman–Crippen LogP) is 2.61. The van der Waals surface area contributed by atoms with Gasteiger partial charge in [-0.1, -0.05) is 17.7 Å². The third-order valence-electron chi connectivity index (χ3n) is 3.89. The van der Waals surface area contributed by atoms with Crippen LogP contribution in [-0.2, 0) is 4.74 Å². The number of piperazine rings is 1. The zero-order valence-corrected chi connectivity index (χ0v) is 17.1. The van der Waals surface area contributed by atoms with Crippen molar-refractivity contribution in [2.75, 3.05) is 58.4 Å². The number of hydrogen-bond donors (Lipinski definition) is 1. The Labute approximate surface area is 161 Å². The normalized spacial score (nSPS) is 15.4. The molecule has 1 saturated heterocycles. The first-order valence-electron chi connectivity index (χ1n) is 7.61. The van der Waals surface area contributed by atoms with Gasteiger partial charge in [0.05, 0.1) is 6.61 Å². The van der Waals surface area contributed by atoms with Crippen molar-refractivity contribution < 1.29 is 4.74 Å². The molecule has 7 heteroatoms. The molecule has 1 aliphatic rings. The van der Waals surface area contributed by atoms with Gasteiger partial charge in [0.2, 0.25) is 0 Å². The lowest BCUT2D eigenvalue weighted by atomic mass is 10.1. The lowest BCUT2D eigenvalue weighted by Crippen LogP contribution is -2.53. The monoisotopic (exact) mass is 452 g/mol. The second-order valence-electron chi connectivity index (χ2n) is 5.37. The largest absolute Gasteiger partial charge is 0.383 e. The van der Waals surface area contributed by atoms with Crippen LogP contribution in [0.15, 0.2) is 23.2 Å². The van der Waals surface area contributed by atoms with Crippen LogP contribution in [0.25, 0.3) is 0 Å². The number of ether oxygens (including phenoxy) is 1. The number of aryl methyl sites for hydroxylation is 1. The van der Waals surface area contributed by atoms with E-state index in [-0.39, 0.29) is 24.0 Å². The summed E-state index contributed by atoms with van der Waals surface area (Å²) in [6.45, 7) is 7.40. The van der Waals surface area contributed by atoms with Crippen LogP contribution in [0.3, 0.4) is 0 Å². The molecule has 1 aromatic carbocycles. The van der Waals surface area contributed by atoms with E-state index in [2.05, 4.69) is 39.2 Å². The van der Waals surface area contributed by atoms with Crippen molar-refractivity contribution in [3.63, 3.8) is 0 Å². The van der Waals surface area contributed by atoms with Crippen LogP contribution < -0.4 is 10.2 Å². The average molecular weight is 453 g/mol. The maximum absolute atomic E-state index is 6.13. The van der Waals surface area contributed by atoms with Gasteiger partial charge in [0.15, 0.2) is 5.96 Å². The summed E-state index contributed by atoms with van der Waals surface area (Å²) < 4.78 is 5.07. The Kier molecular flexibility index (Phi) is 9.01. The molecule has 0 aliphatic carbocycles. The van der Waals surface area contributed by atoms with Crippen LogP contribution >= 0.6 is 35.6 Å². The van der Waals surface area contributed by atoms with Crippen molar-refractivity contribution in [1.29, 1.82) is 0 Å². The van der Waals surface area contributed by atoms with Crippen molar-refractivity contribution >= 4 is 47.2 Å². The molecule has 1 fully saturated rings. The van der Waals surface area contributed by atoms with Crippen molar-refractivity contribution in [3.8, 4) is 0 Å². The summed E-state index contributed by atoms with van der Waals surface area (Å²) in [5.41, 5.74) is 2.50. The zero-order valence-electron chi connectivity index (χ0n) is 14.0. The van der Waals surface area contributed by atoms with Gasteiger partial charge in [0.25, 0.3) is 0 Å². The molecule has 0 saturated carbocycles. The van der Waals surface area contributed by atoms with Gasteiger partial charge in [-0.2, -0.15) is 0 Å². The number of nitrogens with one attached hydrogen (secondary N) is 1. The van der Waals surface area contributed by atoms with E-state index in [4.69, 9.17) is 16.3 Å². The minimum absolute atomic E-state index is 0. The smallest absolute Gasteiger partial charge is 0.193 e. The van der Waals surface area contributed by atoms with Crippen molar-refractivity contribution in [3.05, 3.63) is 28.8 Å². The number of hydrogen-bond acceptors (Lipinski definition) is 3. The summed E-state index contributed by atoms with van der Waals surface area (Å²) in [6, 6.07) is 6.08. The minimum atomic E-state index is 0. The van der Waals surface area contributed by atoms with Gasteiger partial charge in [-0.15, -0.1) is 24.0 Å². The van der Waals surface area contributed by atoms with Gasteiger partial charge in [0, 0.05) is 57.6 Å². The predicted molar refractivity (Wildman–Crippen MR) is 109 cm³/mol. The van der Waals surface area contributed by atoms with Crippen molar-refractivity contribution in [2.24, 2.45) is 4.99 Å². The molecule has 2 rings (SSSR count). The molecule has 130 valence electrons. The van der Waals surface area contributed by atoms with Crippen molar-refractivity contribution in [1.82, 2.24) is 10.2 Å². The highest BCUT2D eigenvalue weighted by Crippen LogP contribution is 2.25. The van der Waals surface area contributed by atoms with E-state index < -0.39 is 0 Å². The van der Waals surface area contributed by atoms with E-state index in [9.17, 15) is 0 Å². The molecular formula is C16H26ClIN4O. The molecule has 0 spiro atoms. The molecule has 0 radical (unpaired) electrons. The highest BCUT2D eigenvalue weighted by molar-refractivity contribution is 14.0. The van der Waals surface area contributed by atoms with Gasteiger partial charge in [-0.25, -0.2) is 0 Å². The van der Waals surface area contributed by atoms with Crippen LogP contribution in [0.4, 0.5) is 5.69 Å². The van der Waals surface area contributed by atoms with Crippen LogP contribution in [0, 0.1) is 6.92 Å². The van der Waals surface area contributed by atoms with Crippen LogP contribution in [0.1, 0.15) is 5.56 Å². The molecule has 0 amide bonds. The summed E-state index contributed by atoms with van der Waals surface area (Å²) >= 11 is 6.13. The third-order valence-corrected chi connectivity index (χ3v) is 4.13. The molecule has 0 bridgehead atoms. The highest BCUT2D eigenvalue weighted by atomic mass is 127. The van der Waals surface area contributed by atoms with Gasteiger partial charge < -0.3 is 19.9 Å². The topological polar surface area (TPSA) is 40.1 Å². The van der Waals surface area contributed by atoms with E-state index in [0.29, 0.717) is 6.61 Å². The first kappa shape index (κ1) is 20.3. The quantitative estimate of drug-likeness (QED) is 0.330. The number of guanidine groups is 1. The average Bonchev–Trinajstić information content (AvgIpc) is 2.54. The number of anilines is 1. The van der Waals surface area contributed by atoms with Crippen LogP contribution in [-0.4, -0.2) is 64.3 Å². The van der Waals surface area contributed by atoms with Crippen LogP contribution in [0.5, 0.6) is 0 Å². The minimum Gasteiger partial charge on any atom is -0.383 e. The summed E-state index contributed by atoms with van der Waals surface area (Å²) in [5, 5.41) is 4.12. The molecule has 5 nitrogen and oxygen atoms in total. The van der Waals surface area contributed by atoms with E-state index in [1.807, 2.05) is 13.1 Å². The van der Waals surface area contributed by atoms with E-state index >= 15 is 0 Å². The highest BCUT2D eigenvalue weighted by Gasteiger charge is 2.20. The Morgan fingerprint density at radius 2 is 2.00 bits per heavy atom. The Hall–Kier alpha value is -0.730. The van der Waals surface area contributed by atoms with Crippen LogP contribution in [0.2, 0.25) is 5.02 Å². The standard InChI is InChI=1S/C16H25ClN4O.HI/c1-13-4-5-14(17)12-15(13)20-7-9-21(10-8-20)16(18-2)19-6-11-22-3;/h4-5,12H,6-11H2,1-3H3,(H,18,19);1H. The van der Waals surface area contributed by atoms with Gasteiger partial charge in [-0.05, 0) is 24.6 Å². The zero-order chi connectivity index (χ0) is 15.9. The Balaban J connectivity index is 0.00000264. The Bertz CT molecular complexity index is 519. The Morgan fingerprint density at radius 1 is 1.30 bits per heavy atom. The number of benzene rings is 1. The molecular weight excluding hydrogens is 427 g/mol. The number of aliphatic imine (C=N–C) groups is 1. The number of nitrogens with zero attached hydrogens (tertiary/aromatic N) is 3. The second kappa shape index (κ2) is 10.2. The first-order chi connectivity index (χ1) is 10.7. The summed E-state index contributed by atoms with van der Waals surface area (Å²) in [6.07, 6.45) is 0. The maximum Gasteiger partial charge on any atom is 0.193 e. The molecule has 0 unspecified atom stereocenters. The third kappa shape index (κ3) is 5.69. The first-order valence-corrected chi connectivity index (χ1v) is 7.99. The summed E-state index contributed by atoms with van der Waals surface area (Å²) in [7, 11) is 3.53. The second-order valence-corrected chi connectivity index (χ2v) is 5.81. The molecule has 0 atom stereocenters. The van der Waals surface area contributed by atoms with Gasteiger partial charge >= 0.3 is 0 Å². The molecule has 23 heavy (non-hydrogen) atoms. The lowest BCUT2D eigenvalue weighted by Gasteiger charge is -2.38. The maximum atomic E-state index is 6.13. The van der Waals surface area contributed by atoms with E-state index in [1.165, 1.54) is 11.3 Å². The number of methoxy groups -OCH3 is 1. The number of rotatable bonds is 4. The molecule has 1 heterocycles. The van der Waals surface area contributed by atoms with Gasteiger partial charge in [-0.3, -0.25) is 4.99 Å². The van der Waals surface area contributed by atoms with Crippen molar-refractivity contribution in [2.45, 2.75) is 6.92 Å². The summed E-state index contributed by atoms with van der Waals surface area (Å²) in [5.74, 6) is 0.944. The fourth-order valence-electron chi connectivity index (χ4n) is 2.68. The van der Waals surface area contributed by atoms with E-state index in [1.54, 1.807) is 7.11 Å². The summed E-state index contributed by atoms with van der Waals surface area (Å²) in [4.78, 5) is 9.02. The van der Waals surface area contributed by atoms with Gasteiger partial charge in [0.1, 0.15) is 0 Å². The molecule has 0 aromatic heterocycles. The van der Waals surface area contributed by atoms with E-state index in [0.717, 1.165) is 43.7 Å². The fourth-order valence-corrected chi connectivity index (χ4v) is 2.85. The molecule has 1 N–H and O–H groups in total. The lowest BCUT2D eigenvalue weighted by molar-refractivity contribution is 0.202. The fraction of sp³-hybridized carbons (Fsp3) is 0.562. The molecule has 1 aromatic rings. The SMILES string of the molecule is CN=C(NCCOC)N1CCN(c2cc(Cl)ccc2C)CC1.I. The Morgan fingerprint density at radius 3 is 2.61 bits per heavy atom. The molecule has 1 aliphatic heterocycles. The number of halogens is 2.